The fraction of sp³-hybridized carbons (Fsp3) is 0.417. The van der Waals surface area contributed by atoms with Gasteiger partial charge in [-0.1, -0.05) is 11.6 Å². The van der Waals surface area contributed by atoms with E-state index in [0.29, 0.717) is 12.1 Å². The van der Waals surface area contributed by atoms with E-state index in [2.05, 4.69) is 0 Å². The number of sulfonamides is 1. The van der Waals surface area contributed by atoms with E-state index in [1.54, 1.807) is 0 Å². The van der Waals surface area contributed by atoms with E-state index in [-0.39, 0.29) is 19.5 Å². The monoisotopic (exact) mass is 357 g/mol. The van der Waals surface area contributed by atoms with E-state index in [0.717, 1.165) is 10.4 Å². The van der Waals surface area contributed by atoms with Crippen LogP contribution in [0.2, 0.25) is 5.02 Å². The molecule has 0 amide bonds. The predicted molar refractivity (Wildman–Crippen MR) is 71.0 cm³/mol. The molecule has 0 bridgehead atoms. The molecule has 122 valence electrons. The zero-order chi connectivity index (χ0) is 16.7. The van der Waals surface area contributed by atoms with Crippen LogP contribution in [0.15, 0.2) is 23.1 Å². The van der Waals surface area contributed by atoms with Crippen molar-refractivity contribution in [1.82, 2.24) is 4.31 Å². The van der Waals surface area contributed by atoms with Gasteiger partial charge in [0.1, 0.15) is 4.90 Å². The van der Waals surface area contributed by atoms with Gasteiger partial charge in [-0.3, -0.25) is 4.79 Å². The fourth-order valence-electron chi connectivity index (χ4n) is 2.17. The minimum absolute atomic E-state index is 0.0172. The van der Waals surface area contributed by atoms with Crippen LogP contribution in [0.25, 0.3) is 0 Å². The number of carboxylic acid groups (broad SMARTS) is 1. The summed E-state index contributed by atoms with van der Waals surface area (Å²) in [6.45, 7) is -0.244. The van der Waals surface area contributed by atoms with Crippen molar-refractivity contribution in [1.29, 1.82) is 0 Å². The number of nitrogens with zero attached hydrogens (tertiary/aromatic N) is 1. The highest BCUT2D eigenvalue weighted by atomic mass is 35.5. The second kappa shape index (κ2) is 5.71. The van der Waals surface area contributed by atoms with E-state index in [1.807, 2.05) is 0 Å². The average molecular weight is 358 g/mol. The summed E-state index contributed by atoms with van der Waals surface area (Å²) in [7, 11) is -4.13. The summed E-state index contributed by atoms with van der Waals surface area (Å²) in [6, 6.07) is 1.96. The highest BCUT2D eigenvalue weighted by molar-refractivity contribution is 7.89. The summed E-state index contributed by atoms with van der Waals surface area (Å²) in [5.74, 6) is -1.95. The van der Waals surface area contributed by atoms with Gasteiger partial charge in [0.05, 0.1) is 16.5 Å². The van der Waals surface area contributed by atoms with Crippen LogP contribution >= 0.6 is 11.6 Å². The molecule has 1 aromatic carbocycles. The smallest absolute Gasteiger partial charge is 0.416 e. The first-order valence-corrected chi connectivity index (χ1v) is 7.95. The Bertz CT molecular complexity index is 705. The maximum absolute atomic E-state index is 12.6. The molecule has 1 N–H and O–H groups in total. The van der Waals surface area contributed by atoms with E-state index in [9.17, 15) is 26.4 Å². The fourth-order valence-corrected chi connectivity index (χ4v) is 4.19. The summed E-state index contributed by atoms with van der Waals surface area (Å²) >= 11 is 5.68. The molecular weight excluding hydrogens is 347 g/mol. The molecule has 0 radical (unpaired) electrons. The Balaban J connectivity index is 2.33. The number of benzene rings is 1. The van der Waals surface area contributed by atoms with Gasteiger partial charge in [0.25, 0.3) is 0 Å². The number of hydrogen-bond acceptors (Lipinski definition) is 3. The minimum atomic E-state index is -4.63. The largest absolute Gasteiger partial charge is 0.481 e. The molecule has 0 aliphatic carbocycles. The lowest BCUT2D eigenvalue weighted by atomic mass is 10.1. The third-order valence-corrected chi connectivity index (χ3v) is 5.73. The van der Waals surface area contributed by atoms with E-state index < -0.39 is 43.6 Å². The number of halogens is 4. The van der Waals surface area contributed by atoms with Gasteiger partial charge in [0.2, 0.25) is 10.0 Å². The molecule has 1 fully saturated rings. The lowest BCUT2D eigenvalue weighted by Crippen LogP contribution is -2.30. The number of carboxylic acids is 1. The van der Waals surface area contributed by atoms with Crippen molar-refractivity contribution in [2.45, 2.75) is 17.5 Å². The molecule has 1 unspecified atom stereocenters. The zero-order valence-corrected chi connectivity index (χ0v) is 12.5. The van der Waals surface area contributed by atoms with Gasteiger partial charge in [-0.25, -0.2) is 8.42 Å². The van der Waals surface area contributed by atoms with Crippen molar-refractivity contribution in [3.63, 3.8) is 0 Å². The van der Waals surface area contributed by atoms with Crippen LogP contribution in [0, 0.1) is 5.92 Å². The van der Waals surface area contributed by atoms with Crippen LogP contribution in [-0.2, 0) is 21.0 Å². The first kappa shape index (κ1) is 17.0. The van der Waals surface area contributed by atoms with Crippen molar-refractivity contribution < 1.29 is 31.5 Å². The third kappa shape index (κ3) is 3.21. The molecule has 0 saturated carbocycles. The number of rotatable bonds is 3. The molecule has 1 aliphatic heterocycles. The highest BCUT2D eigenvalue weighted by Gasteiger charge is 2.38. The summed E-state index contributed by atoms with van der Waals surface area (Å²) in [5, 5.41) is 8.33. The predicted octanol–water partition coefficient (Wildman–Crippen LogP) is 2.45. The zero-order valence-electron chi connectivity index (χ0n) is 11.0. The van der Waals surface area contributed by atoms with Crippen LogP contribution < -0.4 is 0 Å². The minimum Gasteiger partial charge on any atom is -0.481 e. The quantitative estimate of drug-likeness (QED) is 0.901. The Morgan fingerprint density at radius 3 is 2.45 bits per heavy atom. The molecule has 5 nitrogen and oxygen atoms in total. The van der Waals surface area contributed by atoms with Crippen molar-refractivity contribution in [3.8, 4) is 0 Å². The third-order valence-electron chi connectivity index (χ3n) is 3.38. The second-order valence-corrected chi connectivity index (χ2v) is 7.14. The molecule has 1 aliphatic rings. The van der Waals surface area contributed by atoms with Gasteiger partial charge in [-0.2, -0.15) is 17.5 Å². The molecule has 10 heteroatoms. The van der Waals surface area contributed by atoms with Gasteiger partial charge in [0.15, 0.2) is 0 Å². The van der Waals surface area contributed by atoms with Crippen LogP contribution in [0.3, 0.4) is 0 Å². The topological polar surface area (TPSA) is 74.7 Å². The first-order valence-electron chi connectivity index (χ1n) is 6.13. The van der Waals surface area contributed by atoms with Crippen LogP contribution in [0.5, 0.6) is 0 Å². The van der Waals surface area contributed by atoms with Crippen LogP contribution in [0.4, 0.5) is 13.2 Å². The molecule has 0 aromatic heterocycles. The molecule has 22 heavy (non-hydrogen) atoms. The van der Waals surface area contributed by atoms with Crippen LogP contribution in [0.1, 0.15) is 12.0 Å². The average Bonchev–Trinajstić information content (AvgIpc) is 2.87. The lowest BCUT2D eigenvalue weighted by molar-refractivity contribution is -0.141. The Morgan fingerprint density at radius 2 is 2.00 bits per heavy atom. The summed E-state index contributed by atoms with van der Waals surface area (Å²) < 4.78 is 63.3. The Kier molecular flexibility index (Phi) is 4.42. The number of aliphatic carboxylic acids is 1. The first-order chi connectivity index (χ1) is 10.0. The Labute approximate surface area is 129 Å². The molecule has 1 saturated heterocycles. The van der Waals surface area contributed by atoms with Gasteiger partial charge in [-0.05, 0) is 24.6 Å². The second-order valence-electron chi connectivity index (χ2n) is 4.83. The van der Waals surface area contributed by atoms with E-state index in [4.69, 9.17) is 16.7 Å². The molecule has 2 rings (SSSR count). The van der Waals surface area contributed by atoms with Crippen LogP contribution in [-0.4, -0.2) is 36.9 Å². The van der Waals surface area contributed by atoms with E-state index in [1.165, 1.54) is 0 Å². The summed E-state index contributed by atoms with van der Waals surface area (Å²) in [4.78, 5) is 10.4. The van der Waals surface area contributed by atoms with Gasteiger partial charge in [-0.15, -0.1) is 0 Å². The maximum Gasteiger partial charge on any atom is 0.416 e. The van der Waals surface area contributed by atoms with Gasteiger partial charge < -0.3 is 5.11 Å². The SMILES string of the molecule is O=C(O)C1CCN(S(=O)(=O)c2ccc(C(F)(F)F)cc2Cl)C1. The van der Waals surface area contributed by atoms with Crippen molar-refractivity contribution in [3.05, 3.63) is 28.8 Å². The maximum atomic E-state index is 12.6. The molecular formula is C12H11ClF3NO4S. The molecule has 1 atom stereocenters. The number of alkyl halides is 3. The molecule has 1 aromatic rings. The van der Waals surface area contributed by atoms with Crippen molar-refractivity contribution in [2.24, 2.45) is 5.92 Å². The van der Waals surface area contributed by atoms with Crippen molar-refractivity contribution >= 4 is 27.6 Å². The number of hydrogen-bond donors (Lipinski definition) is 1. The van der Waals surface area contributed by atoms with E-state index >= 15 is 0 Å². The number of carbonyl (C=O) groups is 1. The Hall–Kier alpha value is -1.32. The molecule has 1 heterocycles. The lowest BCUT2D eigenvalue weighted by Gasteiger charge is -2.17. The standard InChI is InChI=1S/C12H11ClF3NO4S/c13-9-5-8(12(14,15)16)1-2-10(9)22(20,21)17-4-3-7(6-17)11(18)19/h1-2,5,7H,3-4,6H2,(H,18,19). The summed E-state index contributed by atoms with van der Waals surface area (Å²) in [5.41, 5.74) is -1.05. The van der Waals surface area contributed by atoms with Gasteiger partial charge in [0, 0.05) is 13.1 Å². The van der Waals surface area contributed by atoms with Gasteiger partial charge >= 0.3 is 12.1 Å². The Morgan fingerprint density at radius 1 is 1.36 bits per heavy atom. The summed E-state index contributed by atoms with van der Waals surface area (Å²) in [6.07, 6.45) is -4.49. The normalized spacial score (nSPS) is 20.3. The molecule has 0 spiro atoms. The highest BCUT2D eigenvalue weighted by Crippen LogP contribution is 2.35. The van der Waals surface area contributed by atoms with Crippen molar-refractivity contribution in [2.75, 3.05) is 13.1 Å².